The van der Waals surface area contributed by atoms with Crippen molar-refractivity contribution < 1.29 is 19.5 Å². The van der Waals surface area contributed by atoms with E-state index in [4.69, 9.17) is 5.11 Å². The van der Waals surface area contributed by atoms with Crippen molar-refractivity contribution in [3.05, 3.63) is 11.0 Å². The number of carbonyl (C=O) groups is 2. The standard InChI is InChI=1S/C8H10N2O4S/c1-14-10-7(8(12)13)6-4-15-9-2-5(6)3-11/h3-5,9H,2H2,1H3,(H,12,13). The maximum Gasteiger partial charge on any atom is 0.358 e. The normalized spacial score (nSPS) is 21.8. The summed E-state index contributed by atoms with van der Waals surface area (Å²) in [4.78, 5) is 26.0. The van der Waals surface area contributed by atoms with Crippen LogP contribution in [0.15, 0.2) is 16.1 Å². The summed E-state index contributed by atoms with van der Waals surface area (Å²) in [5.74, 6) is -1.71. The lowest BCUT2D eigenvalue weighted by atomic mass is 9.98. The third-order valence-corrected chi connectivity index (χ3v) is 2.50. The predicted octanol–water partition coefficient (Wildman–Crippen LogP) is 0.0238. The van der Waals surface area contributed by atoms with Gasteiger partial charge in [-0.15, -0.1) is 0 Å². The first-order valence-electron chi connectivity index (χ1n) is 4.09. The largest absolute Gasteiger partial charge is 0.476 e. The Kier molecular flexibility index (Phi) is 4.32. The lowest BCUT2D eigenvalue weighted by molar-refractivity contribution is -0.129. The Morgan fingerprint density at radius 2 is 2.60 bits per heavy atom. The van der Waals surface area contributed by atoms with Crippen LogP contribution in [-0.4, -0.2) is 36.7 Å². The van der Waals surface area contributed by atoms with E-state index in [1.54, 1.807) is 5.41 Å². The molecule has 2 N–H and O–H groups in total. The second-order valence-corrected chi connectivity index (χ2v) is 3.47. The van der Waals surface area contributed by atoms with Gasteiger partial charge >= 0.3 is 5.97 Å². The highest BCUT2D eigenvalue weighted by atomic mass is 32.2. The Hall–Kier alpha value is -1.34. The van der Waals surface area contributed by atoms with Crippen molar-refractivity contribution >= 4 is 29.9 Å². The van der Waals surface area contributed by atoms with Crippen LogP contribution in [0.2, 0.25) is 0 Å². The van der Waals surface area contributed by atoms with E-state index in [0.717, 1.165) is 0 Å². The van der Waals surface area contributed by atoms with Crippen molar-refractivity contribution in [3.63, 3.8) is 0 Å². The van der Waals surface area contributed by atoms with E-state index in [1.807, 2.05) is 0 Å². The van der Waals surface area contributed by atoms with Crippen LogP contribution in [0.3, 0.4) is 0 Å². The number of nitrogens with one attached hydrogen (secondary N) is 1. The van der Waals surface area contributed by atoms with Gasteiger partial charge in [-0.1, -0.05) is 17.1 Å². The summed E-state index contributed by atoms with van der Waals surface area (Å²) in [6, 6.07) is 0. The van der Waals surface area contributed by atoms with Gasteiger partial charge in [0.25, 0.3) is 0 Å². The number of carboxylic acids is 1. The van der Waals surface area contributed by atoms with E-state index in [2.05, 4.69) is 14.7 Å². The molecular weight excluding hydrogens is 220 g/mol. The van der Waals surface area contributed by atoms with E-state index in [9.17, 15) is 9.59 Å². The third-order valence-electron chi connectivity index (χ3n) is 1.79. The minimum absolute atomic E-state index is 0.233. The topological polar surface area (TPSA) is 88.0 Å². The monoisotopic (exact) mass is 230 g/mol. The summed E-state index contributed by atoms with van der Waals surface area (Å²) in [5.41, 5.74) is 0.131. The molecule has 6 nitrogen and oxygen atoms in total. The molecule has 1 atom stereocenters. The van der Waals surface area contributed by atoms with Gasteiger partial charge in [-0.05, 0) is 5.41 Å². The molecule has 0 spiro atoms. The fourth-order valence-electron chi connectivity index (χ4n) is 1.10. The Balaban J connectivity index is 3.00. The summed E-state index contributed by atoms with van der Waals surface area (Å²) < 4.78 is 2.87. The molecule has 0 aromatic carbocycles. The quantitative estimate of drug-likeness (QED) is 0.306. The van der Waals surface area contributed by atoms with Crippen LogP contribution in [0, 0.1) is 5.92 Å². The highest BCUT2D eigenvalue weighted by molar-refractivity contribution is 8.00. The van der Waals surface area contributed by atoms with Gasteiger partial charge in [-0.2, -0.15) is 0 Å². The average molecular weight is 230 g/mol. The number of nitrogens with zero attached hydrogens (tertiary/aromatic N) is 1. The first-order valence-corrected chi connectivity index (χ1v) is 4.97. The number of carboxylic acid groups (broad SMARTS) is 1. The van der Waals surface area contributed by atoms with Crippen molar-refractivity contribution in [2.75, 3.05) is 13.7 Å². The second kappa shape index (κ2) is 5.52. The Labute approximate surface area is 90.5 Å². The average Bonchev–Trinajstić information content (AvgIpc) is 2.25. The number of hydrogen-bond acceptors (Lipinski definition) is 6. The summed E-state index contributed by atoms with van der Waals surface area (Å²) >= 11 is 1.22. The number of aldehydes is 1. The lowest BCUT2D eigenvalue weighted by Gasteiger charge is -2.18. The van der Waals surface area contributed by atoms with Crippen LogP contribution in [-0.2, 0) is 14.4 Å². The molecule has 1 heterocycles. The molecule has 0 aromatic heterocycles. The Morgan fingerprint density at radius 3 is 3.13 bits per heavy atom. The second-order valence-electron chi connectivity index (χ2n) is 2.71. The molecule has 1 unspecified atom stereocenters. The van der Waals surface area contributed by atoms with Gasteiger partial charge in [0.1, 0.15) is 13.4 Å². The van der Waals surface area contributed by atoms with Gasteiger partial charge < -0.3 is 14.7 Å². The van der Waals surface area contributed by atoms with Gasteiger partial charge in [0, 0.05) is 12.1 Å². The molecule has 0 amide bonds. The molecule has 15 heavy (non-hydrogen) atoms. The van der Waals surface area contributed by atoms with Crippen LogP contribution in [0.5, 0.6) is 0 Å². The maximum atomic E-state index is 10.9. The van der Waals surface area contributed by atoms with E-state index >= 15 is 0 Å². The SMILES string of the molecule is CON=C(C(=O)O)C1=CSNCC1C=O. The number of hydrogen-bond donors (Lipinski definition) is 2. The highest BCUT2D eigenvalue weighted by Gasteiger charge is 2.26. The lowest BCUT2D eigenvalue weighted by Crippen LogP contribution is -2.30. The Morgan fingerprint density at radius 1 is 1.87 bits per heavy atom. The molecule has 0 bridgehead atoms. The molecule has 7 heteroatoms. The van der Waals surface area contributed by atoms with Gasteiger partial charge in [0.2, 0.25) is 0 Å². The molecule has 1 aliphatic heterocycles. The summed E-state index contributed by atoms with van der Waals surface area (Å²) in [6.45, 7) is 0.385. The zero-order valence-electron chi connectivity index (χ0n) is 7.97. The zero-order chi connectivity index (χ0) is 11.3. The molecule has 0 radical (unpaired) electrons. The maximum absolute atomic E-state index is 10.9. The van der Waals surface area contributed by atoms with E-state index in [1.165, 1.54) is 19.1 Å². The molecule has 0 saturated carbocycles. The fourth-order valence-corrected chi connectivity index (χ4v) is 1.87. The van der Waals surface area contributed by atoms with Crippen molar-refractivity contribution in [2.24, 2.45) is 11.1 Å². The van der Waals surface area contributed by atoms with Gasteiger partial charge in [-0.25, -0.2) is 4.79 Å². The Bertz CT molecular complexity index is 327. The number of aliphatic carboxylic acids is 1. The van der Waals surface area contributed by atoms with Gasteiger partial charge in [-0.3, -0.25) is 4.72 Å². The van der Waals surface area contributed by atoms with E-state index < -0.39 is 11.9 Å². The predicted molar refractivity (Wildman–Crippen MR) is 55.3 cm³/mol. The highest BCUT2D eigenvalue weighted by Crippen LogP contribution is 2.20. The van der Waals surface area contributed by atoms with Crippen LogP contribution in [0.1, 0.15) is 0 Å². The molecular formula is C8H10N2O4S. The molecule has 82 valence electrons. The van der Waals surface area contributed by atoms with Crippen molar-refractivity contribution in [1.29, 1.82) is 0 Å². The molecule has 0 aliphatic carbocycles. The molecule has 0 saturated heterocycles. The smallest absolute Gasteiger partial charge is 0.358 e. The molecule has 1 aliphatic rings. The summed E-state index contributed by atoms with van der Waals surface area (Å²) in [5, 5.41) is 13.8. The molecule has 0 aromatic rings. The van der Waals surface area contributed by atoms with E-state index in [0.29, 0.717) is 18.4 Å². The minimum atomic E-state index is -1.21. The van der Waals surface area contributed by atoms with Gasteiger partial charge in [0.15, 0.2) is 5.71 Å². The fraction of sp³-hybridized carbons (Fsp3) is 0.375. The van der Waals surface area contributed by atoms with Crippen LogP contribution in [0.4, 0.5) is 0 Å². The van der Waals surface area contributed by atoms with Crippen LogP contribution in [0.25, 0.3) is 0 Å². The van der Waals surface area contributed by atoms with Crippen molar-refractivity contribution in [3.8, 4) is 0 Å². The zero-order valence-corrected chi connectivity index (χ0v) is 8.78. The van der Waals surface area contributed by atoms with Crippen molar-refractivity contribution in [1.82, 2.24) is 4.72 Å². The van der Waals surface area contributed by atoms with Gasteiger partial charge in [0.05, 0.1) is 5.92 Å². The minimum Gasteiger partial charge on any atom is -0.476 e. The third kappa shape index (κ3) is 2.80. The summed E-state index contributed by atoms with van der Waals surface area (Å²) in [7, 11) is 1.26. The number of oxime groups is 1. The molecule has 0 fully saturated rings. The van der Waals surface area contributed by atoms with Crippen molar-refractivity contribution in [2.45, 2.75) is 0 Å². The molecule has 1 rings (SSSR count). The van der Waals surface area contributed by atoms with Crippen LogP contribution < -0.4 is 4.72 Å². The summed E-state index contributed by atoms with van der Waals surface area (Å²) in [6.07, 6.45) is 0.687. The van der Waals surface area contributed by atoms with E-state index in [-0.39, 0.29) is 5.71 Å². The first-order chi connectivity index (χ1) is 7.20. The number of rotatable bonds is 4. The first kappa shape index (κ1) is 11.7. The number of carbonyl (C=O) groups excluding carboxylic acids is 1. The van der Waals surface area contributed by atoms with Crippen LogP contribution >= 0.6 is 11.9 Å².